The second kappa shape index (κ2) is 10.9. The third-order valence-corrected chi connectivity index (χ3v) is 4.57. The van der Waals surface area contributed by atoms with Crippen LogP contribution < -0.4 is 0 Å². The van der Waals surface area contributed by atoms with Crippen LogP contribution >= 0.6 is 0 Å². The Hall–Kier alpha value is -1.42. The smallest absolute Gasteiger partial charge is 0.459 e. The van der Waals surface area contributed by atoms with E-state index in [1.807, 2.05) is 4.90 Å². The van der Waals surface area contributed by atoms with E-state index < -0.39 is 61.4 Å². The summed E-state index contributed by atoms with van der Waals surface area (Å²) in [5.74, 6) is -26.3. The average Bonchev–Trinajstić information content (AvgIpc) is 2.63. The zero-order chi connectivity index (χ0) is 25.7. The molecule has 0 aromatic carbocycles. The van der Waals surface area contributed by atoms with Gasteiger partial charge >= 0.3 is 35.8 Å². The van der Waals surface area contributed by atoms with Gasteiger partial charge in [-0.1, -0.05) is 0 Å². The Bertz CT molecular complexity index is 637. The summed E-state index contributed by atoms with van der Waals surface area (Å²) in [6, 6.07) is 0. The highest BCUT2D eigenvalue weighted by Crippen LogP contribution is 2.53. The van der Waals surface area contributed by atoms with Gasteiger partial charge < -0.3 is 14.2 Å². The molecule has 196 valence electrons. The Morgan fingerprint density at radius 3 is 1.94 bits per heavy atom. The number of ether oxygens (including phenoxy) is 3. The van der Waals surface area contributed by atoms with Crippen LogP contribution in [0.4, 0.5) is 48.3 Å². The van der Waals surface area contributed by atoms with Crippen LogP contribution in [-0.2, 0) is 19.0 Å². The van der Waals surface area contributed by atoms with E-state index in [0.29, 0.717) is 26.3 Å². The number of esters is 1. The second-order valence-electron chi connectivity index (χ2n) is 7.33. The number of morpholine rings is 1. The molecule has 1 fully saturated rings. The lowest BCUT2D eigenvalue weighted by molar-refractivity contribution is -0.370. The van der Waals surface area contributed by atoms with Crippen LogP contribution in [0.15, 0.2) is 0 Å². The normalized spacial score (nSPS) is 18.3. The first kappa shape index (κ1) is 29.6. The maximum absolute atomic E-state index is 14.0. The van der Waals surface area contributed by atoms with Gasteiger partial charge in [0, 0.05) is 26.6 Å². The van der Waals surface area contributed by atoms with Crippen LogP contribution in [-0.4, -0.2) is 92.9 Å². The summed E-state index contributed by atoms with van der Waals surface area (Å²) < 4.78 is 159. The molecule has 0 aromatic heterocycles. The number of hydrogen-bond acceptors (Lipinski definition) is 5. The van der Waals surface area contributed by atoms with E-state index in [1.54, 1.807) is 0 Å². The Labute approximate surface area is 181 Å². The molecular weight excluding hydrogens is 491 g/mol. The molecule has 1 aliphatic heterocycles. The molecule has 0 aromatic rings. The van der Waals surface area contributed by atoms with Gasteiger partial charge in [-0.05, 0) is 0 Å². The Kier molecular flexibility index (Phi) is 9.77. The van der Waals surface area contributed by atoms with E-state index in [2.05, 4.69) is 4.74 Å². The number of carbonyl (C=O) groups is 1. The van der Waals surface area contributed by atoms with E-state index >= 15 is 0 Å². The van der Waals surface area contributed by atoms with Gasteiger partial charge in [0.25, 0.3) is 0 Å². The van der Waals surface area contributed by atoms with Crippen molar-refractivity contribution in [2.75, 3.05) is 46.1 Å². The highest BCUT2D eigenvalue weighted by molar-refractivity contribution is 5.66. The van der Waals surface area contributed by atoms with Crippen molar-refractivity contribution < 1.29 is 67.3 Å². The maximum Gasteiger partial charge on any atom is 0.459 e. The molecule has 1 atom stereocenters. The Morgan fingerprint density at radius 2 is 1.45 bits per heavy atom. The summed E-state index contributed by atoms with van der Waals surface area (Å²) in [6.07, 6.45) is -15.0. The van der Waals surface area contributed by atoms with Gasteiger partial charge in [-0.25, -0.2) is 0 Å². The maximum atomic E-state index is 14.0. The van der Waals surface area contributed by atoms with E-state index in [1.165, 1.54) is 0 Å². The minimum atomic E-state index is -6.99. The molecule has 16 heteroatoms. The van der Waals surface area contributed by atoms with E-state index in [9.17, 15) is 53.1 Å². The van der Waals surface area contributed by atoms with Crippen LogP contribution in [0.1, 0.15) is 19.8 Å². The molecule has 0 bridgehead atoms. The predicted molar refractivity (Wildman–Crippen MR) is 88.7 cm³/mol. The zero-order valence-corrected chi connectivity index (χ0v) is 17.2. The molecule has 1 heterocycles. The molecule has 0 saturated carbocycles. The lowest BCUT2D eigenvalue weighted by Crippen LogP contribution is -2.57. The molecule has 1 saturated heterocycles. The van der Waals surface area contributed by atoms with Crippen LogP contribution in [0, 0.1) is 0 Å². The van der Waals surface area contributed by atoms with Crippen molar-refractivity contribution in [1.29, 1.82) is 0 Å². The van der Waals surface area contributed by atoms with Gasteiger partial charge in [-0.15, -0.1) is 0 Å². The first-order valence-corrected chi connectivity index (χ1v) is 9.45. The van der Waals surface area contributed by atoms with Crippen molar-refractivity contribution >= 4 is 5.97 Å². The van der Waals surface area contributed by atoms with Crippen molar-refractivity contribution in [3.63, 3.8) is 0 Å². The lowest BCUT2D eigenvalue weighted by Gasteiger charge is -2.34. The molecule has 0 radical (unpaired) electrons. The molecule has 1 aliphatic rings. The standard InChI is InChI=1S/C17H22F11NO4/c1-11(30)33-12(9-32-7-4-29-2-5-31-6-3-29)8-13(18,19)14(20,21)10-15(22,23)16(24,25)17(26,27)28/h12H,2-10H2,1H3. The van der Waals surface area contributed by atoms with E-state index in [0.717, 1.165) is 6.92 Å². The minimum absolute atomic E-state index is 0.129. The molecular formula is C17H22F11NO4. The van der Waals surface area contributed by atoms with Gasteiger partial charge in [-0.2, -0.15) is 48.3 Å². The van der Waals surface area contributed by atoms with Crippen molar-refractivity contribution in [2.24, 2.45) is 0 Å². The summed E-state index contributed by atoms with van der Waals surface area (Å²) in [5, 5.41) is 0. The molecule has 1 unspecified atom stereocenters. The summed E-state index contributed by atoms with van der Waals surface area (Å²) >= 11 is 0. The highest BCUT2D eigenvalue weighted by Gasteiger charge is 2.76. The summed E-state index contributed by atoms with van der Waals surface area (Å²) in [5.41, 5.74) is 0. The molecule has 0 spiro atoms. The monoisotopic (exact) mass is 513 g/mol. The van der Waals surface area contributed by atoms with Crippen molar-refractivity contribution in [3.8, 4) is 0 Å². The SMILES string of the molecule is CC(=O)OC(COCCN1CCOCC1)CC(F)(F)C(F)(F)CC(F)(F)C(F)(F)C(F)(F)F. The largest absolute Gasteiger partial charge is 0.460 e. The van der Waals surface area contributed by atoms with Crippen LogP contribution in [0.2, 0.25) is 0 Å². The summed E-state index contributed by atoms with van der Waals surface area (Å²) in [6.45, 7) is 1.87. The molecule has 1 rings (SSSR count). The van der Waals surface area contributed by atoms with Gasteiger partial charge in [0.15, 0.2) is 0 Å². The number of carbonyl (C=O) groups excluding carboxylic acids is 1. The molecule has 33 heavy (non-hydrogen) atoms. The summed E-state index contributed by atoms with van der Waals surface area (Å²) in [7, 11) is 0. The van der Waals surface area contributed by atoms with Crippen LogP contribution in [0.3, 0.4) is 0 Å². The first-order chi connectivity index (χ1) is 14.8. The van der Waals surface area contributed by atoms with Gasteiger partial charge in [0.1, 0.15) is 6.10 Å². The van der Waals surface area contributed by atoms with Crippen molar-refractivity contribution in [2.45, 2.75) is 55.7 Å². The van der Waals surface area contributed by atoms with Crippen LogP contribution in [0.5, 0.6) is 0 Å². The molecule has 0 amide bonds. The van der Waals surface area contributed by atoms with Gasteiger partial charge in [-0.3, -0.25) is 9.69 Å². The molecule has 0 aliphatic carbocycles. The predicted octanol–water partition coefficient (Wildman–Crippen LogP) is 4.15. The molecule has 5 nitrogen and oxygen atoms in total. The van der Waals surface area contributed by atoms with Crippen molar-refractivity contribution in [1.82, 2.24) is 4.90 Å². The second-order valence-corrected chi connectivity index (χ2v) is 7.33. The fraction of sp³-hybridized carbons (Fsp3) is 0.941. The van der Waals surface area contributed by atoms with E-state index in [-0.39, 0.29) is 13.2 Å². The fourth-order valence-corrected chi connectivity index (χ4v) is 2.76. The lowest BCUT2D eigenvalue weighted by atomic mass is 9.95. The third kappa shape index (κ3) is 8.09. The van der Waals surface area contributed by atoms with Gasteiger partial charge in [0.05, 0.1) is 39.3 Å². The topological polar surface area (TPSA) is 48.0 Å². The fourth-order valence-electron chi connectivity index (χ4n) is 2.76. The quantitative estimate of drug-likeness (QED) is 0.223. The average molecular weight is 513 g/mol. The van der Waals surface area contributed by atoms with Gasteiger partial charge in [0.2, 0.25) is 0 Å². The minimum Gasteiger partial charge on any atom is -0.460 e. The highest BCUT2D eigenvalue weighted by atomic mass is 19.4. The number of alkyl halides is 11. The first-order valence-electron chi connectivity index (χ1n) is 9.45. The number of nitrogens with zero attached hydrogens (tertiary/aromatic N) is 1. The summed E-state index contributed by atoms with van der Waals surface area (Å²) in [4.78, 5) is 12.9. The number of halogens is 11. The Balaban J connectivity index is 2.81. The van der Waals surface area contributed by atoms with Crippen molar-refractivity contribution in [3.05, 3.63) is 0 Å². The zero-order valence-electron chi connectivity index (χ0n) is 17.2. The third-order valence-electron chi connectivity index (χ3n) is 4.57. The van der Waals surface area contributed by atoms with E-state index in [4.69, 9.17) is 9.47 Å². The molecule has 0 N–H and O–H groups in total. The van der Waals surface area contributed by atoms with Crippen LogP contribution in [0.25, 0.3) is 0 Å². The number of rotatable bonds is 12. The number of hydrogen-bond donors (Lipinski definition) is 0. The Morgan fingerprint density at radius 1 is 0.909 bits per heavy atom.